The highest BCUT2D eigenvalue weighted by Gasteiger charge is 2.21. The van der Waals surface area contributed by atoms with Gasteiger partial charge in [0, 0.05) is 25.7 Å². The third-order valence-corrected chi connectivity index (χ3v) is 7.65. The lowest BCUT2D eigenvalue weighted by molar-refractivity contribution is 0.0600. The Kier molecular flexibility index (Phi) is 7.47. The van der Waals surface area contributed by atoms with Crippen LogP contribution in [0.15, 0.2) is 95.9 Å². The molecule has 4 aromatic rings. The van der Waals surface area contributed by atoms with E-state index in [0.29, 0.717) is 16.7 Å². The van der Waals surface area contributed by atoms with Crippen LogP contribution in [0.5, 0.6) is 0 Å². The molecule has 0 aromatic heterocycles. The van der Waals surface area contributed by atoms with E-state index in [0.717, 1.165) is 16.3 Å². The van der Waals surface area contributed by atoms with Crippen LogP contribution in [-0.4, -0.2) is 38.8 Å². The average molecular weight is 503 g/mol. The van der Waals surface area contributed by atoms with Crippen molar-refractivity contribution < 1.29 is 22.7 Å². The first-order valence-corrected chi connectivity index (χ1v) is 12.7. The van der Waals surface area contributed by atoms with Gasteiger partial charge in [0.25, 0.3) is 5.91 Å². The number of esters is 1. The number of nitrogens with one attached hydrogen (secondary N) is 1. The van der Waals surface area contributed by atoms with Crippen LogP contribution in [0, 0.1) is 0 Å². The zero-order valence-corrected chi connectivity index (χ0v) is 20.8. The summed E-state index contributed by atoms with van der Waals surface area (Å²) in [6, 6.07) is 26.3. The van der Waals surface area contributed by atoms with Gasteiger partial charge in [-0.25, -0.2) is 13.2 Å². The number of rotatable bonds is 8. The Morgan fingerprint density at radius 1 is 0.806 bits per heavy atom. The number of hydrogen-bond acceptors (Lipinski definition) is 5. The second-order valence-electron chi connectivity index (χ2n) is 8.34. The number of methoxy groups -OCH3 is 1. The van der Waals surface area contributed by atoms with Crippen molar-refractivity contribution in [2.75, 3.05) is 14.2 Å². The highest BCUT2D eigenvalue weighted by atomic mass is 32.2. The fraction of sp³-hybridized carbons (Fsp3) is 0.143. The molecule has 0 radical (unpaired) electrons. The number of carbonyl (C=O) groups excluding carboxylic acids is 2. The van der Waals surface area contributed by atoms with Gasteiger partial charge >= 0.3 is 5.97 Å². The average Bonchev–Trinajstić information content (AvgIpc) is 2.91. The van der Waals surface area contributed by atoms with Crippen molar-refractivity contribution in [3.05, 3.63) is 113 Å². The van der Waals surface area contributed by atoms with Crippen LogP contribution in [0.25, 0.3) is 10.8 Å². The minimum absolute atomic E-state index is 0.116. The number of fused-ring (bicyclic) bond motifs is 1. The number of sulfonamides is 1. The number of hydrogen-bond donors (Lipinski definition) is 1. The van der Waals surface area contributed by atoms with E-state index < -0.39 is 16.0 Å². The van der Waals surface area contributed by atoms with E-state index in [1.54, 1.807) is 66.7 Å². The molecule has 0 aliphatic heterocycles. The topological polar surface area (TPSA) is 92.8 Å². The van der Waals surface area contributed by atoms with Crippen LogP contribution in [0.1, 0.15) is 31.8 Å². The molecular weight excluding hydrogens is 476 g/mol. The molecule has 4 rings (SSSR count). The van der Waals surface area contributed by atoms with Crippen molar-refractivity contribution in [2.45, 2.75) is 18.0 Å². The van der Waals surface area contributed by atoms with Gasteiger partial charge in [-0.3, -0.25) is 4.79 Å². The minimum Gasteiger partial charge on any atom is -0.465 e. The van der Waals surface area contributed by atoms with Gasteiger partial charge in [0.2, 0.25) is 10.0 Å². The Balaban J connectivity index is 1.42. The summed E-state index contributed by atoms with van der Waals surface area (Å²) < 4.78 is 32.3. The van der Waals surface area contributed by atoms with E-state index in [1.165, 1.54) is 18.5 Å². The van der Waals surface area contributed by atoms with Gasteiger partial charge in [0.1, 0.15) is 0 Å². The summed E-state index contributed by atoms with van der Waals surface area (Å²) in [6.07, 6.45) is 0. The van der Waals surface area contributed by atoms with E-state index in [-0.39, 0.29) is 23.9 Å². The second kappa shape index (κ2) is 10.7. The molecule has 0 unspecified atom stereocenters. The van der Waals surface area contributed by atoms with Gasteiger partial charge in [0.15, 0.2) is 0 Å². The molecule has 4 aromatic carbocycles. The van der Waals surface area contributed by atoms with Crippen LogP contribution in [-0.2, 0) is 27.8 Å². The highest BCUT2D eigenvalue weighted by Crippen LogP contribution is 2.22. The molecule has 0 heterocycles. The summed E-state index contributed by atoms with van der Waals surface area (Å²) in [5.41, 5.74) is 2.38. The molecule has 8 heteroatoms. The lowest BCUT2D eigenvalue weighted by atomic mass is 10.1. The standard InChI is InChI=1S/C28H26N2O5S/c1-30(36(33,34)26-15-14-22-7-3-4-8-24(22)17-26)19-21-6-5-9-25(16-21)27(31)29-18-20-10-12-23(13-11-20)28(32)35-2/h3-17H,18-19H2,1-2H3,(H,29,31). The van der Waals surface area contributed by atoms with Crippen molar-refractivity contribution in [2.24, 2.45) is 0 Å². The summed E-state index contributed by atoms with van der Waals surface area (Å²) >= 11 is 0. The van der Waals surface area contributed by atoms with E-state index in [1.807, 2.05) is 24.3 Å². The molecule has 184 valence electrons. The maximum atomic E-state index is 13.2. The van der Waals surface area contributed by atoms with Crippen LogP contribution in [0.2, 0.25) is 0 Å². The predicted molar refractivity (Wildman–Crippen MR) is 138 cm³/mol. The van der Waals surface area contributed by atoms with Crippen molar-refractivity contribution in [1.29, 1.82) is 0 Å². The smallest absolute Gasteiger partial charge is 0.337 e. The van der Waals surface area contributed by atoms with Crippen molar-refractivity contribution in [3.63, 3.8) is 0 Å². The Hall–Kier alpha value is -4.01. The molecule has 0 aliphatic carbocycles. The van der Waals surface area contributed by atoms with E-state index in [9.17, 15) is 18.0 Å². The van der Waals surface area contributed by atoms with Gasteiger partial charge < -0.3 is 10.1 Å². The molecule has 0 aliphatic rings. The first-order valence-electron chi connectivity index (χ1n) is 11.3. The van der Waals surface area contributed by atoms with E-state index >= 15 is 0 Å². The Morgan fingerprint density at radius 2 is 1.53 bits per heavy atom. The van der Waals surface area contributed by atoms with E-state index in [2.05, 4.69) is 10.1 Å². The lowest BCUT2D eigenvalue weighted by Gasteiger charge is -2.18. The fourth-order valence-corrected chi connectivity index (χ4v) is 5.02. The first-order chi connectivity index (χ1) is 17.3. The first kappa shape index (κ1) is 25.1. The molecule has 0 fully saturated rings. The number of ether oxygens (including phenoxy) is 1. The van der Waals surface area contributed by atoms with E-state index in [4.69, 9.17) is 0 Å². The molecule has 0 atom stereocenters. The molecule has 36 heavy (non-hydrogen) atoms. The normalized spacial score (nSPS) is 11.4. The van der Waals surface area contributed by atoms with Crippen LogP contribution < -0.4 is 5.32 Å². The third kappa shape index (κ3) is 5.62. The predicted octanol–water partition coefficient (Wildman–Crippen LogP) is 4.38. The maximum Gasteiger partial charge on any atom is 0.337 e. The summed E-state index contributed by atoms with van der Waals surface area (Å²) in [4.78, 5) is 24.5. The van der Waals surface area contributed by atoms with Gasteiger partial charge in [-0.1, -0.05) is 54.6 Å². The number of benzene rings is 4. The van der Waals surface area contributed by atoms with Crippen molar-refractivity contribution in [1.82, 2.24) is 9.62 Å². The Morgan fingerprint density at radius 3 is 2.25 bits per heavy atom. The molecule has 0 spiro atoms. The monoisotopic (exact) mass is 502 g/mol. The van der Waals surface area contributed by atoms with Crippen LogP contribution >= 0.6 is 0 Å². The molecular formula is C28H26N2O5S. The zero-order valence-electron chi connectivity index (χ0n) is 20.0. The molecule has 1 N–H and O–H groups in total. The van der Waals surface area contributed by atoms with Crippen molar-refractivity contribution in [3.8, 4) is 0 Å². The van der Waals surface area contributed by atoms with Crippen LogP contribution in [0.3, 0.4) is 0 Å². The summed E-state index contributed by atoms with van der Waals surface area (Å²) in [6.45, 7) is 0.395. The maximum absolute atomic E-state index is 13.2. The third-order valence-electron chi connectivity index (χ3n) is 5.85. The number of nitrogens with zero attached hydrogens (tertiary/aromatic N) is 1. The molecule has 0 saturated carbocycles. The quantitative estimate of drug-likeness (QED) is 0.361. The molecule has 7 nitrogen and oxygen atoms in total. The SMILES string of the molecule is COC(=O)c1ccc(CNC(=O)c2cccc(CN(C)S(=O)(=O)c3ccc4ccccc4c3)c2)cc1. The largest absolute Gasteiger partial charge is 0.465 e. The number of amides is 1. The molecule has 0 bridgehead atoms. The van der Waals surface area contributed by atoms with Gasteiger partial charge in [-0.05, 0) is 58.3 Å². The van der Waals surface area contributed by atoms with Crippen LogP contribution in [0.4, 0.5) is 0 Å². The Labute approximate surface area is 210 Å². The Bertz CT molecular complexity index is 1510. The van der Waals surface area contributed by atoms with Gasteiger partial charge in [-0.15, -0.1) is 0 Å². The minimum atomic E-state index is -3.72. The van der Waals surface area contributed by atoms with Crippen molar-refractivity contribution >= 4 is 32.7 Å². The van der Waals surface area contributed by atoms with Gasteiger partial charge in [0.05, 0.1) is 17.6 Å². The highest BCUT2D eigenvalue weighted by molar-refractivity contribution is 7.89. The zero-order chi connectivity index (χ0) is 25.7. The summed E-state index contributed by atoms with van der Waals surface area (Å²) in [7, 11) is -0.876. The van der Waals surface area contributed by atoms with Gasteiger partial charge in [-0.2, -0.15) is 4.31 Å². The summed E-state index contributed by atoms with van der Waals surface area (Å²) in [5.74, 6) is -0.705. The second-order valence-corrected chi connectivity index (χ2v) is 10.4. The summed E-state index contributed by atoms with van der Waals surface area (Å²) in [5, 5.41) is 4.67. The fourth-order valence-electron chi connectivity index (χ4n) is 3.82. The lowest BCUT2D eigenvalue weighted by Crippen LogP contribution is -2.27. The number of carbonyl (C=O) groups is 2. The molecule has 1 amide bonds. The molecule has 0 saturated heterocycles.